The van der Waals surface area contributed by atoms with E-state index in [1.54, 1.807) is 0 Å². The first-order valence-corrected chi connectivity index (χ1v) is 5.92. The second-order valence-corrected chi connectivity index (χ2v) is 4.69. The van der Waals surface area contributed by atoms with Crippen molar-refractivity contribution in [3.8, 4) is 0 Å². The van der Waals surface area contributed by atoms with Crippen LogP contribution in [0.3, 0.4) is 0 Å². The van der Waals surface area contributed by atoms with Crippen LogP contribution in [0, 0.1) is 0 Å². The Morgan fingerprint density at radius 1 is 1.27 bits per heavy atom. The van der Waals surface area contributed by atoms with Crippen LogP contribution in [-0.4, -0.2) is 66.6 Å². The van der Waals surface area contributed by atoms with Gasteiger partial charge in [-0.2, -0.15) is 0 Å². The fourth-order valence-corrected chi connectivity index (χ4v) is 3.00. The van der Waals surface area contributed by atoms with E-state index in [0.717, 1.165) is 6.54 Å². The summed E-state index contributed by atoms with van der Waals surface area (Å²) in [5.74, 6) is 1.21. The molecule has 0 radical (unpaired) electrons. The minimum Gasteiger partial charge on any atom is -0.348 e. The van der Waals surface area contributed by atoms with E-state index in [9.17, 15) is 0 Å². The molecule has 3 rings (SSSR count). The fraction of sp³-hybridized carbons (Fsp3) is 0.364. The van der Waals surface area contributed by atoms with Crippen LogP contribution in [0.1, 0.15) is 11.6 Å². The number of hydrogen-bond acceptors (Lipinski definition) is 3. The monoisotopic (exact) mass is 246 g/mol. The molecule has 2 aliphatic heterocycles. The van der Waals surface area contributed by atoms with E-state index in [-0.39, 0.29) is 37.7 Å². The first kappa shape index (κ1) is 11.8. The van der Waals surface area contributed by atoms with Crippen molar-refractivity contribution in [1.82, 2.24) is 4.90 Å². The number of nitrogens with zero attached hydrogens (tertiary/aromatic N) is 2. The van der Waals surface area contributed by atoms with Crippen LogP contribution < -0.4 is 0 Å². The maximum absolute atomic E-state index is 4.73. The fourth-order valence-electron chi connectivity index (χ4n) is 1.96. The normalized spacial score (nSPS) is 23.3. The quantitative estimate of drug-likeness (QED) is 0.693. The molecular formula is C11H14CaN2S. The molecule has 1 atom stereocenters. The number of fused-ring (bicyclic) bond motifs is 1. The zero-order valence-electron chi connectivity index (χ0n) is 7.89. The molecule has 2 heterocycles. The molecule has 76 valence electrons. The summed E-state index contributed by atoms with van der Waals surface area (Å²) in [4.78, 5) is 7.12. The molecule has 0 N–H and O–H groups in total. The molecule has 4 heteroatoms. The average molecular weight is 246 g/mol. The summed E-state index contributed by atoms with van der Waals surface area (Å²) in [7, 11) is 0. The Hall–Kier alpha value is 0.300. The van der Waals surface area contributed by atoms with Gasteiger partial charge in [0.05, 0.1) is 6.04 Å². The molecule has 1 saturated heterocycles. The number of aliphatic imine (C=N–C) groups is 1. The van der Waals surface area contributed by atoms with E-state index in [2.05, 4.69) is 35.2 Å². The Bertz CT molecular complexity index is 366. The van der Waals surface area contributed by atoms with Gasteiger partial charge in [0, 0.05) is 18.8 Å². The minimum absolute atomic E-state index is 0. The Labute approximate surface area is 124 Å². The maximum atomic E-state index is 4.73. The van der Waals surface area contributed by atoms with Crippen molar-refractivity contribution < 1.29 is 0 Å². The van der Waals surface area contributed by atoms with Crippen molar-refractivity contribution in [2.24, 2.45) is 4.99 Å². The van der Waals surface area contributed by atoms with Crippen molar-refractivity contribution in [3.05, 3.63) is 35.9 Å². The molecular weight excluding hydrogens is 232 g/mol. The van der Waals surface area contributed by atoms with E-state index >= 15 is 0 Å². The van der Waals surface area contributed by atoms with Gasteiger partial charge in [-0.15, -0.1) is 0 Å². The third kappa shape index (κ3) is 2.36. The zero-order chi connectivity index (χ0) is 9.38. The molecule has 0 aliphatic carbocycles. The van der Waals surface area contributed by atoms with Crippen LogP contribution >= 0.6 is 11.8 Å². The first-order valence-electron chi connectivity index (χ1n) is 4.94. The minimum atomic E-state index is 0. The van der Waals surface area contributed by atoms with Gasteiger partial charge in [-0.25, -0.2) is 0 Å². The van der Waals surface area contributed by atoms with Gasteiger partial charge in [-0.3, -0.25) is 4.99 Å². The standard InChI is InChI=1S/C11H12N2S.Ca.2H/c1-2-4-9(5-3-1)10-8-13-6-7-14-11(13)12-10;;;/h1-5,10H,6-8H2;;;/t10-;;;/m1.../s1. The van der Waals surface area contributed by atoms with E-state index in [0.29, 0.717) is 6.04 Å². The number of benzene rings is 1. The van der Waals surface area contributed by atoms with Crippen LogP contribution in [0.4, 0.5) is 0 Å². The van der Waals surface area contributed by atoms with Gasteiger partial charge in [0.1, 0.15) is 0 Å². The SMILES string of the molecule is [CaH2].c1ccc([C@H]2CN3CCSC3=N2)cc1. The topological polar surface area (TPSA) is 15.6 Å². The molecule has 0 spiro atoms. The van der Waals surface area contributed by atoms with Gasteiger partial charge in [0.15, 0.2) is 5.17 Å². The van der Waals surface area contributed by atoms with Crippen LogP contribution in [-0.2, 0) is 0 Å². The molecule has 1 aromatic carbocycles. The van der Waals surface area contributed by atoms with E-state index in [4.69, 9.17) is 4.99 Å². The van der Waals surface area contributed by atoms with Crippen molar-refractivity contribution in [1.29, 1.82) is 0 Å². The predicted octanol–water partition coefficient (Wildman–Crippen LogP) is 1.23. The number of rotatable bonds is 1. The summed E-state index contributed by atoms with van der Waals surface area (Å²) in [5.41, 5.74) is 1.34. The summed E-state index contributed by atoms with van der Waals surface area (Å²) >= 11 is 1.89. The van der Waals surface area contributed by atoms with Crippen LogP contribution in [0.15, 0.2) is 35.3 Å². The first-order chi connectivity index (χ1) is 6.93. The summed E-state index contributed by atoms with van der Waals surface area (Å²) in [6, 6.07) is 10.9. The Balaban J connectivity index is 0.000000853. The van der Waals surface area contributed by atoms with E-state index in [1.165, 1.54) is 23.0 Å². The Morgan fingerprint density at radius 3 is 2.80 bits per heavy atom. The van der Waals surface area contributed by atoms with E-state index in [1.807, 2.05) is 11.8 Å². The average Bonchev–Trinajstić information content (AvgIpc) is 2.78. The number of amidine groups is 1. The maximum Gasteiger partial charge on any atom is 0.160 e. The molecule has 1 fully saturated rings. The van der Waals surface area contributed by atoms with Crippen molar-refractivity contribution in [3.63, 3.8) is 0 Å². The zero-order valence-corrected chi connectivity index (χ0v) is 8.70. The van der Waals surface area contributed by atoms with Gasteiger partial charge >= 0.3 is 37.7 Å². The molecule has 2 aliphatic rings. The van der Waals surface area contributed by atoms with Gasteiger partial charge in [-0.1, -0.05) is 42.1 Å². The summed E-state index contributed by atoms with van der Waals surface area (Å²) < 4.78 is 0. The smallest absolute Gasteiger partial charge is 0.160 e. The van der Waals surface area contributed by atoms with E-state index < -0.39 is 0 Å². The Morgan fingerprint density at radius 2 is 2.07 bits per heavy atom. The second kappa shape index (κ2) is 5.09. The van der Waals surface area contributed by atoms with Gasteiger partial charge < -0.3 is 4.90 Å². The molecule has 2 nitrogen and oxygen atoms in total. The second-order valence-electron chi connectivity index (χ2n) is 3.63. The van der Waals surface area contributed by atoms with Gasteiger partial charge in [-0.05, 0) is 5.56 Å². The van der Waals surface area contributed by atoms with Crippen molar-refractivity contribution in [2.75, 3.05) is 18.8 Å². The third-order valence-corrected chi connectivity index (χ3v) is 3.72. The molecule has 1 aromatic rings. The molecule has 0 amide bonds. The molecule has 0 unspecified atom stereocenters. The van der Waals surface area contributed by atoms with Gasteiger partial charge in [0.25, 0.3) is 0 Å². The molecule has 0 bridgehead atoms. The van der Waals surface area contributed by atoms with Crippen molar-refractivity contribution >= 4 is 54.7 Å². The molecule has 15 heavy (non-hydrogen) atoms. The van der Waals surface area contributed by atoms with Crippen LogP contribution in [0.25, 0.3) is 0 Å². The summed E-state index contributed by atoms with van der Waals surface area (Å²) in [6.07, 6.45) is 0. The number of thioether (sulfide) groups is 1. The third-order valence-electron chi connectivity index (χ3n) is 2.71. The predicted molar refractivity (Wildman–Crippen MR) is 69.2 cm³/mol. The number of hydrogen-bond donors (Lipinski definition) is 0. The van der Waals surface area contributed by atoms with Crippen molar-refractivity contribution in [2.45, 2.75) is 6.04 Å². The Kier molecular flexibility index (Phi) is 3.99. The largest absolute Gasteiger partial charge is 0.348 e. The molecule has 0 aromatic heterocycles. The summed E-state index contributed by atoms with van der Waals surface area (Å²) in [6.45, 7) is 2.25. The van der Waals surface area contributed by atoms with Gasteiger partial charge in [0.2, 0.25) is 0 Å². The van der Waals surface area contributed by atoms with Crippen LogP contribution in [0.2, 0.25) is 0 Å². The summed E-state index contributed by atoms with van der Waals surface area (Å²) in [5, 5.41) is 1.25. The molecule has 0 saturated carbocycles. The van der Waals surface area contributed by atoms with Crippen LogP contribution in [0.5, 0.6) is 0 Å².